The highest BCUT2D eigenvalue weighted by atomic mass is 19.3. The Morgan fingerprint density at radius 3 is 2.73 bits per heavy atom. The monoisotopic (exact) mass is 414 g/mol. The first kappa shape index (κ1) is 19.6. The topological polar surface area (TPSA) is 90.7 Å². The van der Waals surface area contributed by atoms with E-state index in [1.165, 1.54) is 31.4 Å². The maximum atomic E-state index is 12.8. The third-order valence-corrected chi connectivity index (χ3v) is 4.84. The van der Waals surface area contributed by atoms with Crippen LogP contribution in [0.2, 0.25) is 0 Å². The van der Waals surface area contributed by atoms with Crippen LogP contribution in [0, 0.1) is 0 Å². The van der Waals surface area contributed by atoms with Gasteiger partial charge in [0.05, 0.1) is 23.6 Å². The van der Waals surface area contributed by atoms with E-state index >= 15 is 0 Å². The summed E-state index contributed by atoms with van der Waals surface area (Å²) in [6, 6.07) is 8.74. The Hall–Kier alpha value is -3.75. The van der Waals surface area contributed by atoms with Crippen molar-refractivity contribution in [2.45, 2.75) is 19.6 Å². The Balaban J connectivity index is 1.78. The number of nitrogens with zero attached hydrogens (tertiary/aromatic N) is 2. The summed E-state index contributed by atoms with van der Waals surface area (Å²) in [7, 11) is 1.35. The van der Waals surface area contributed by atoms with E-state index in [1.807, 2.05) is 0 Å². The molecule has 2 aromatic carbocycles. The van der Waals surface area contributed by atoms with E-state index in [4.69, 9.17) is 4.74 Å². The number of alkyl halides is 2. The van der Waals surface area contributed by atoms with Gasteiger partial charge in [0.1, 0.15) is 5.82 Å². The van der Waals surface area contributed by atoms with Crippen LogP contribution in [0.15, 0.2) is 41.2 Å². The van der Waals surface area contributed by atoms with E-state index < -0.39 is 12.6 Å². The standard InChI is InChI=1S/C21H16F2N2O5/c1-29-17-9-11(2-5-16(17)30-21(22)23)8-12-6-7-25-18(12)24-15-10-13(20(27)28)3-4-14(15)19(25)26/h2-5,8-10,21H,6-7H2,1H3,(H,27,28). The number of ether oxygens (including phenoxy) is 2. The van der Waals surface area contributed by atoms with E-state index in [9.17, 15) is 23.5 Å². The predicted octanol–water partition coefficient (Wildman–Crippen LogP) is 3.65. The number of benzene rings is 2. The summed E-state index contributed by atoms with van der Waals surface area (Å²) < 4.78 is 36.1. The molecule has 0 atom stereocenters. The Morgan fingerprint density at radius 1 is 1.23 bits per heavy atom. The van der Waals surface area contributed by atoms with Crippen molar-refractivity contribution in [1.82, 2.24) is 9.55 Å². The number of hydrogen-bond acceptors (Lipinski definition) is 5. The molecule has 0 bridgehead atoms. The Labute approximate surface area is 168 Å². The van der Waals surface area contributed by atoms with Crippen LogP contribution < -0.4 is 15.0 Å². The van der Waals surface area contributed by atoms with Gasteiger partial charge in [0.15, 0.2) is 11.5 Å². The third-order valence-electron chi connectivity index (χ3n) is 4.84. The maximum Gasteiger partial charge on any atom is 0.387 e. The van der Waals surface area contributed by atoms with Crippen LogP contribution in [0.1, 0.15) is 28.2 Å². The van der Waals surface area contributed by atoms with Gasteiger partial charge < -0.3 is 14.6 Å². The van der Waals surface area contributed by atoms with E-state index in [0.717, 1.165) is 5.57 Å². The van der Waals surface area contributed by atoms with Gasteiger partial charge in [-0.15, -0.1) is 0 Å². The zero-order valence-electron chi connectivity index (χ0n) is 15.8. The first-order valence-corrected chi connectivity index (χ1v) is 8.99. The number of allylic oxidation sites excluding steroid dienone is 1. The summed E-state index contributed by atoms with van der Waals surface area (Å²) >= 11 is 0. The highest BCUT2D eigenvalue weighted by Crippen LogP contribution is 2.33. The number of carbonyl (C=O) groups is 1. The summed E-state index contributed by atoms with van der Waals surface area (Å²) in [4.78, 5) is 28.5. The smallest absolute Gasteiger partial charge is 0.387 e. The Kier molecular flexibility index (Phi) is 4.94. The van der Waals surface area contributed by atoms with E-state index in [2.05, 4.69) is 9.72 Å². The minimum atomic E-state index is -2.97. The fourth-order valence-corrected chi connectivity index (χ4v) is 3.46. The Morgan fingerprint density at radius 2 is 2.03 bits per heavy atom. The summed E-state index contributed by atoms with van der Waals surface area (Å²) in [6.45, 7) is -2.53. The quantitative estimate of drug-likeness (QED) is 0.686. The van der Waals surface area contributed by atoms with Crippen molar-refractivity contribution in [3.63, 3.8) is 0 Å². The van der Waals surface area contributed by atoms with Crippen LogP contribution in [0.5, 0.6) is 11.5 Å². The van der Waals surface area contributed by atoms with Crippen molar-refractivity contribution in [1.29, 1.82) is 0 Å². The fourth-order valence-electron chi connectivity index (χ4n) is 3.46. The second-order valence-corrected chi connectivity index (χ2v) is 6.64. The minimum absolute atomic E-state index is 0.0437. The highest BCUT2D eigenvalue weighted by molar-refractivity contribution is 5.93. The Bertz CT molecular complexity index is 1250. The number of halogens is 2. The molecule has 0 saturated heterocycles. The molecule has 30 heavy (non-hydrogen) atoms. The molecule has 0 fully saturated rings. The molecule has 1 N–H and O–H groups in total. The molecule has 0 aliphatic carbocycles. The molecule has 0 unspecified atom stereocenters. The zero-order chi connectivity index (χ0) is 21.4. The van der Waals surface area contributed by atoms with Crippen LogP contribution in [0.25, 0.3) is 22.6 Å². The molecular formula is C21H16F2N2O5. The molecule has 1 aliphatic rings. The number of carboxylic acid groups (broad SMARTS) is 1. The zero-order valence-corrected chi connectivity index (χ0v) is 15.8. The van der Waals surface area contributed by atoms with E-state index in [0.29, 0.717) is 35.3 Å². The molecule has 1 aromatic heterocycles. The van der Waals surface area contributed by atoms with Crippen LogP contribution in [-0.4, -0.2) is 34.3 Å². The molecule has 0 radical (unpaired) electrons. The lowest BCUT2D eigenvalue weighted by Crippen LogP contribution is -2.21. The molecule has 0 saturated carbocycles. The van der Waals surface area contributed by atoms with Crippen molar-refractivity contribution >= 4 is 28.5 Å². The SMILES string of the molecule is COc1cc(C=C2CCn3c2nc2cc(C(=O)O)ccc2c3=O)ccc1OC(F)F. The van der Waals surface area contributed by atoms with E-state index in [-0.39, 0.29) is 22.6 Å². The second kappa shape index (κ2) is 7.58. The van der Waals surface area contributed by atoms with Gasteiger partial charge in [-0.1, -0.05) is 6.07 Å². The first-order chi connectivity index (χ1) is 14.4. The highest BCUT2D eigenvalue weighted by Gasteiger charge is 2.22. The van der Waals surface area contributed by atoms with Gasteiger partial charge in [0.25, 0.3) is 5.56 Å². The number of aromatic nitrogens is 2. The lowest BCUT2D eigenvalue weighted by atomic mass is 10.1. The van der Waals surface area contributed by atoms with Gasteiger partial charge in [-0.2, -0.15) is 8.78 Å². The summed E-state index contributed by atoms with van der Waals surface area (Å²) in [6.07, 6.45) is 2.33. The van der Waals surface area contributed by atoms with Crippen molar-refractivity contribution < 1.29 is 28.2 Å². The summed E-state index contributed by atoms with van der Waals surface area (Å²) in [5, 5.41) is 9.54. The van der Waals surface area contributed by atoms with Crippen molar-refractivity contribution in [2.75, 3.05) is 7.11 Å². The molecule has 0 amide bonds. The van der Waals surface area contributed by atoms with Crippen LogP contribution in [0.3, 0.4) is 0 Å². The molecule has 2 heterocycles. The molecule has 0 spiro atoms. The van der Waals surface area contributed by atoms with Gasteiger partial charge in [-0.05, 0) is 54.0 Å². The van der Waals surface area contributed by atoms with Crippen molar-refractivity contribution in [2.24, 2.45) is 0 Å². The third kappa shape index (κ3) is 3.49. The average molecular weight is 414 g/mol. The number of aromatic carboxylic acids is 1. The van der Waals surface area contributed by atoms with Crippen molar-refractivity contribution in [3.05, 3.63) is 63.7 Å². The largest absolute Gasteiger partial charge is 0.493 e. The number of rotatable bonds is 5. The van der Waals surface area contributed by atoms with Crippen LogP contribution in [0.4, 0.5) is 8.78 Å². The number of hydrogen-bond donors (Lipinski definition) is 1. The second-order valence-electron chi connectivity index (χ2n) is 6.64. The molecule has 154 valence electrons. The summed E-state index contributed by atoms with van der Waals surface area (Å²) in [5.74, 6) is -0.587. The molecule has 9 heteroatoms. The van der Waals surface area contributed by atoms with Gasteiger partial charge in [0.2, 0.25) is 0 Å². The molecule has 7 nitrogen and oxygen atoms in total. The van der Waals surface area contributed by atoms with E-state index in [1.54, 1.807) is 22.8 Å². The molecule has 1 aliphatic heterocycles. The molecule has 4 rings (SSSR count). The number of fused-ring (bicyclic) bond motifs is 2. The van der Waals surface area contributed by atoms with Gasteiger partial charge in [0, 0.05) is 6.54 Å². The van der Waals surface area contributed by atoms with Crippen molar-refractivity contribution in [3.8, 4) is 11.5 Å². The number of methoxy groups -OCH3 is 1. The lowest BCUT2D eigenvalue weighted by Gasteiger charge is -2.10. The van der Waals surface area contributed by atoms with Crippen LogP contribution in [-0.2, 0) is 6.54 Å². The lowest BCUT2D eigenvalue weighted by molar-refractivity contribution is -0.0512. The average Bonchev–Trinajstić information content (AvgIpc) is 3.11. The fraction of sp³-hybridized carbons (Fsp3) is 0.190. The van der Waals surface area contributed by atoms with Gasteiger partial charge in [-0.25, -0.2) is 9.78 Å². The summed E-state index contributed by atoms with van der Waals surface area (Å²) in [5.41, 5.74) is 1.53. The maximum absolute atomic E-state index is 12.8. The molecule has 3 aromatic rings. The normalized spacial score (nSPS) is 14.3. The number of carboxylic acids is 1. The van der Waals surface area contributed by atoms with Gasteiger partial charge >= 0.3 is 12.6 Å². The van der Waals surface area contributed by atoms with Crippen LogP contribution >= 0.6 is 0 Å². The van der Waals surface area contributed by atoms with Gasteiger partial charge in [-0.3, -0.25) is 9.36 Å². The first-order valence-electron chi connectivity index (χ1n) is 8.99. The minimum Gasteiger partial charge on any atom is -0.493 e. The predicted molar refractivity (Wildman–Crippen MR) is 105 cm³/mol. The molecular weight excluding hydrogens is 398 g/mol.